The monoisotopic (exact) mass is 488 g/mol. The van der Waals surface area contributed by atoms with E-state index >= 15 is 0 Å². The smallest absolute Gasteiger partial charge is 0.872 e. The molecule has 7 heteroatoms. The summed E-state index contributed by atoms with van der Waals surface area (Å²) in [5.41, 5.74) is 7.42. The van der Waals surface area contributed by atoms with Crippen molar-refractivity contribution < 1.29 is 78.5 Å². The van der Waals surface area contributed by atoms with Crippen molar-refractivity contribution in [1.29, 1.82) is 0 Å². The summed E-state index contributed by atoms with van der Waals surface area (Å²) in [7, 11) is 0. The molecule has 0 atom stereocenters. The molecule has 35 heavy (non-hydrogen) atoms. The number of carbonyl (C=O) groups is 1. The zero-order valence-corrected chi connectivity index (χ0v) is 26.2. The maximum absolute atomic E-state index is 12.7. The van der Waals surface area contributed by atoms with Crippen molar-refractivity contribution in [3.8, 4) is 28.2 Å². The maximum atomic E-state index is 12.7. The van der Waals surface area contributed by atoms with Crippen molar-refractivity contribution in [2.45, 2.75) is 55.4 Å². The number of carboxylic acids is 1. The van der Waals surface area contributed by atoms with Gasteiger partial charge in [0.2, 0.25) is 0 Å². The van der Waals surface area contributed by atoms with Gasteiger partial charge in [-0.25, -0.2) is 0 Å². The predicted octanol–water partition coefficient (Wildman–Crippen LogP) is -1.52. The minimum absolute atomic E-state index is 0. The van der Waals surface area contributed by atoms with Crippen LogP contribution in [-0.2, 0) is 0 Å². The molecule has 0 aromatic heterocycles. The Morgan fingerprint density at radius 1 is 0.743 bits per heavy atom. The Morgan fingerprint density at radius 3 is 1.89 bits per heavy atom. The van der Waals surface area contributed by atoms with E-state index in [2.05, 4.69) is 0 Å². The van der Waals surface area contributed by atoms with Crippen LogP contribution in [0.25, 0.3) is 33.4 Å². The van der Waals surface area contributed by atoms with Gasteiger partial charge < -0.3 is 19.4 Å². The number of hydrogen-bond donors (Lipinski definition) is 0. The van der Waals surface area contributed by atoms with Gasteiger partial charge in [-0.3, -0.25) is 4.79 Å². The Balaban J connectivity index is 0.00000216. The average molecular weight is 488 g/mol. The quantitative estimate of drug-likeness (QED) is 0.252. The Morgan fingerprint density at radius 2 is 1.31 bits per heavy atom. The summed E-state index contributed by atoms with van der Waals surface area (Å²) in [5.74, 6) is -1.05. The molecule has 0 fully saturated rings. The molecule has 0 radical (unpaired) electrons. The second-order valence-corrected chi connectivity index (χ2v) is 9.06. The van der Waals surface area contributed by atoms with Crippen LogP contribution in [0, 0.1) is 55.4 Å². The summed E-state index contributed by atoms with van der Waals surface area (Å²) in [6.07, 6.45) is 0. The fourth-order valence-electron chi connectivity index (χ4n) is 4.93. The van der Waals surface area contributed by atoms with Crippen molar-refractivity contribution in [3.63, 3.8) is 0 Å². The third-order valence-corrected chi connectivity index (χ3v) is 7.17. The third-order valence-electron chi connectivity index (χ3n) is 7.17. The molecule has 0 unspecified atom stereocenters. The second kappa shape index (κ2) is 10.4. The second-order valence-electron chi connectivity index (χ2n) is 9.06. The van der Waals surface area contributed by atoms with Crippen LogP contribution >= 0.6 is 0 Å². The molecule has 0 saturated carbocycles. The Hall–Kier alpha value is -1.60. The molecule has 2 aromatic rings. The molecule has 0 saturated heterocycles. The van der Waals surface area contributed by atoms with E-state index < -0.39 is 5.97 Å². The largest absolute Gasteiger partial charge is 1.00 e. The number of hydrogen-bond acceptors (Lipinski definition) is 5. The first-order valence-electron chi connectivity index (χ1n) is 10.9. The van der Waals surface area contributed by atoms with Crippen LogP contribution in [0.3, 0.4) is 0 Å². The SMILES string of the molecule is Cc1cc2c(-c3c(C)c(C)c(C)c(C)c3C(=O)[O-])c3cc(C)c(=O)c(C)c-3oc2c(C)c1[O-].[Na+].[Na+]. The Labute approximate surface area is 249 Å². The number of rotatable bonds is 2. The fourth-order valence-corrected chi connectivity index (χ4v) is 4.93. The molecule has 1 heterocycles. The topological polar surface area (TPSA) is 93.4 Å². The number of aromatic carboxylic acids is 1. The molecule has 0 bridgehead atoms. The molecule has 4 rings (SSSR count). The van der Waals surface area contributed by atoms with Gasteiger partial charge >= 0.3 is 59.1 Å². The molecule has 0 spiro atoms. The standard InChI is InChI=1S/C28H28O5.2Na/c1-11-9-19-23(21-15(5)13(3)14(4)16(6)22(21)28(31)32)20-10-12(2)25(30)18(8)27(20)33-26(19)17(7)24(11)29;;/h9-10,29H,1-8H3,(H,31,32);;/q;2*+1/p-2. The summed E-state index contributed by atoms with van der Waals surface area (Å²) < 4.78 is 6.20. The molecular weight excluding hydrogens is 462 g/mol. The van der Waals surface area contributed by atoms with Crippen molar-refractivity contribution in [3.05, 3.63) is 72.4 Å². The van der Waals surface area contributed by atoms with E-state index in [1.165, 1.54) is 0 Å². The van der Waals surface area contributed by atoms with Crippen molar-refractivity contribution in [2.24, 2.45) is 0 Å². The number of carboxylic acid groups (broad SMARTS) is 1. The minimum Gasteiger partial charge on any atom is -0.872 e. The van der Waals surface area contributed by atoms with Crippen LogP contribution in [0.2, 0.25) is 0 Å². The molecule has 1 aliphatic carbocycles. The van der Waals surface area contributed by atoms with E-state index in [-0.39, 0.29) is 75.9 Å². The predicted molar refractivity (Wildman–Crippen MR) is 126 cm³/mol. The van der Waals surface area contributed by atoms with Crippen LogP contribution in [0.1, 0.15) is 54.9 Å². The number of carbonyl (C=O) groups excluding carboxylic acids is 1. The molecular formula is C28H26Na2O5. The van der Waals surface area contributed by atoms with Crippen LogP contribution in [0.15, 0.2) is 21.3 Å². The molecule has 1 aliphatic heterocycles. The van der Waals surface area contributed by atoms with Gasteiger partial charge in [0.1, 0.15) is 11.3 Å². The van der Waals surface area contributed by atoms with Crippen molar-refractivity contribution in [2.75, 3.05) is 0 Å². The first kappa shape index (κ1) is 29.6. The van der Waals surface area contributed by atoms with E-state index in [4.69, 9.17) is 4.42 Å². The maximum Gasteiger partial charge on any atom is 1.00 e. The summed E-state index contributed by atoms with van der Waals surface area (Å²) in [5, 5.41) is 25.8. The van der Waals surface area contributed by atoms with Crippen LogP contribution < -0.4 is 74.8 Å². The van der Waals surface area contributed by atoms with E-state index in [9.17, 15) is 19.8 Å². The summed E-state index contributed by atoms with van der Waals surface area (Å²) in [6.45, 7) is 14.4. The van der Waals surface area contributed by atoms with E-state index in [0.29, 0.717) is 61.2 Å². The number of fused-ring (bicyclic) bond motifs is 2. The molecule has 0 N–H and O–H groups in total. The van der Waals surface area contributed by atoms with Gasteiger partial charge in [0, 0.05) is 27.6 Å². The summed E-state index contributed by atoms with van der Waals surface area (Å²) in [4.78, 5) is 25.2. The fraction of sp³-hybridized carbons (Fsp3) is 0.286. The normalized spacial score (nSPS) is 10.9. The van der Waals surface area contributed by atoms with Gasteiger partial charge in [-0.15, -0.1) is 0 Å². The van der Waals surface area contributed by atoms with Gasteiger partial charge in [0.25, 0.3) is 0 Å². The van der Waals surface area contributed by atoms with E-state index in [1.807, 2.05) is 20.8 Å². The van der Waals surface area contributed by atoms with Crippen molar-refractivity contribution >= 4 is 16.9 Å². The van der Waals surface area contributed by atoms with Gasteiger partial charge in [0.05, 0.1) is 5.97 Å². The van der Waals surface area contributed by atoms with Crippen LogP contribution in [-0.4, -0.2) is 5.97 Å². The third kappa shape index (κ3) is 4.41. The summed E-state index contributed by atoms with van der Waals surface area (Å²) in [6, 6.07) is 3.50. The molecule has 170 valence electrons. The molecule has 5 nitrogen and oxygen atoms in total. The average Bonchev–Trinajstić information content (AvgIpc) is 2.76. The van der Waals surface area contributed by atoms with Gasteiger partial charge in [0.15, 0.2) is 5.43 Å². The Kier molecular flexibility index (Phi) is 8.81. The molecule has 2 aromatic carbocycles. The van der Waals surface area contributed by atoms with E-state index in [1.54, 1.807) is 46.8 Å². The van der Waals surface area contributed by atoms with Crippen LogP contribution in [0.4, 0.5) is 0 Å². The Bertz CT molecular complexity index is 1550. The number of aryl methyl sites for hydroxylation is 3. The molecule has 2 aliphatic rings. The minimum atomic E-state index is -1.27. The zero-order valence-electron chi connectivity index (χ0n) is 22.2. The van der Waals surface area contributed by atoms with Gasteiger partial charge in [-0.2, -0.15) is 0 Å². The molecule has 0 amide bonds. The van der Waals surface area contributed by atoms with Gasteiger partial charge in [-0.05, 0) is 106 Å². The van der Waals surface area contributed by atoms with E-state index in [0.717, 1.165) is 16.7 Å². The summed E-state index contributed by atoms with van der Waals surface area (Å²) >= 11 is 0. The first-order chi connectivity index (χ1) is 15.4. The first-order valence-corrected chi connectivity index (χ1v) is 10.9. The number of benzene rings is 3. The zero-order chi connectivity index (χ0) is 24.5. The van der Waals surface area contributed by atoms with Crippen LogP contribution in [0.5, 0.6) is 5.75 Å². The van der Waals surface area contributed by atoms with Crippen molar-refractivity contribution in [1.82, 2.24) is 0 Å². The van der Waals surface area contributed by atoms with Gasteiger partial charge in [-0.1, -0.05) is 11.3 Å².